The summed E-state index contributed by atoms with van der Waals surface area (Å²) in [6, 6.07) is 7.48. The van der Waals surface area contributed by atoms with Crippen LogP contribution in [0.25, 0.3) is 0 Å². The van der Waals surface area contributed by atoms with E-state index in [0.29, 0.717) is 19.7 Å². The molecule has 0 aliphatic rings. The standard InChI is InChI=1S/C13H19ClN2O2/c1-18-10-2-8-15-13(17)16-9-7-11-3-5-12(14)6-4-11/h3-6H,2,7-10H2,1H3,(H2,15,16,17). The van der Waals surface area contributed by atoms with Crippen LogP contribution in [0.3, 0.4) is 0 Å². The minimum Gasteiger partial charge on any atom is -0.385 e. The Bertz CT molecular complexity index is 355. The molecule has 0 saturated carbocycles. The largest absolute Gasteiger partial charge is 0.385 e. The second-order valence-corrected chi connectivity index (χ2v) is 4.34. The number of halogens is 1. The quantitative estimate of drug-likeness (QED) is 0.747. The van der Waals surface area contributed by atoms with E-state index < -0.39 is 0 Å². The van der Waals surface area contributed by atoms with Crippen molar-refractivity contribution in [2.24, 2.45) is 0 Å². The molecule has 0 aromatic heterocycles. The van der Waals surface area contributed by atoms with Gasteiger partial charge in [-0.2, -0.15) is 0 Å². The van der Waals surface area contributed by atoms with Gasteiger partial charge in [-0.25, -0.2) is 4.79 Å². The fourth-order valence-corrected chi connectivity index (χ4v) is 1.58. The highest BCUT2D eigenvalue weighted by atomic mass is 35.5. The van der Waals surface area contributed by atoms with Crippen LogP contribution in [-0.2, 0) is 11.2 Å². The van der Waals surface area contributed by atoms with Crippen molar-refractivity contribution >= 4 is 17.6 Å². The maximum atomic E-state index is 11.4. The molecular weight excluding hydrogens is 252 g/mol. The van der Waals surface area contributed by atoms with E-state index in [1.54, 1.807) is 7.11 Å². The number of amides is 2. The lowest BCUT2D eigenvalue weighted by atomic mass is 10.1. The Morgan fingerprint density at radius 2 is 1.89 bits per heavy atom. The van der Waals surface area contributed by atoms with Gasteiger partial charge in [-0.05, 0) is 30.5 Å². The van der Waals surface area contributed by atoms with Gasteiger partial charge in [-0.15, -0.1) is 0 Å². The van der Waals surface area contributed by atoms with Gasteiger partial charge in [0.15, 0.2) is 0 Å². The number of methoxy groups -OCH3 is 1. The summed E-state index contributed by atoms with van der Waals surface area (Å²) >= 11 is 5.79. The molecule has 5 heteroatoms. The monoisotopic (exact) mass is 270 g/mol. The number of benzene rings is 1. The lowest BCUT2D eigenvalue weighted by molar-refractivity contribution is 0.193. The van der Waals surface area contributed by atoms with E-state index in [-0.39, 0.29) is 6.03 Å². The number of carbonyl (C=O) groups is 1. The highest BCUT2D eigenvalue weighted by molar-refractivity contribution is 6.30. The average molecular weight is 271 g/mol. The van der Waals surface area contributed by atoms with E-state index in [0.717, 1.165) is 23.4 Å². The maximum absolute atomic E-state index is 11.4. The molecular formula is C13H19ClN2O2. The van der Waals surface area contributed by atoms with Crippen LogP contribution >= 0.6 is 11.6 Å². The third-order valence-electron chi connectivity index (χ3n) is 2.42. The first-order valence-corrected chi connectivity index (χ1v) is 6.35. The van der Waals surface area contributed by atoms with Crippen LogP contribution in [0.4, 0.5) is 4.79 Å². The summed E-state index contributed by atoms with van der Waals surface area (Å²) < 4.78 is 4.89. The van der Waals surface area contributed by atoms with Gasteiger partial charge >= 0.3 is 6.03 Å². The zero-order valence-corrected chi connectivity index (χ0v) is 11.3. The molecule has 2 N–H and O–H groups in total. The van der Waals surface area contributed by atoms with Gasteiger partial charge in [0.05, 0.1) is 0 Å². The number of nitrogens with one attached hydrogen (secondary N) is 2. The Kier molecular flexibility index (Phi) is 7.22. The van der Waals surface area contributed by atoms with Crippen molar-refractivity contribution in [1.29, 1.82) is 0 Å². The molecule has 0 heterocycles. The fourth-order valence-electron chi connectivity index (χ4n) is 1.45. The zero-order valence-electron chi connectivity index (χ0n) is 10.5. The minimum absolute atomic E-state index is 0.139. The number of hydrogen-bond acceptors (Lipinski definition) is 2. The van der Waals surface area contributed by atoms with E-state index in [2.05, 4.69) is 10.6 Å². The smallest absolute Gasteiger partial charge is 0.314 e. The van der Waals surface area contributed by atoms with Gasteiger partial charge in [0.1, 0.15) is 0 Å². The summed E-state index contributed by atoms with van der Waals surface area (Å²) in [5.74, 6) is 0. The molecule has 1 aromatic carbocycles. The van der Waals surface area contributed by atoms with Crippen LogP contribution < -0.4 is 10.6 Å². The second kappa shape index (κ2) is 8.78. The normalized spacial score (nSPS) is 10.1. The molecule has 100 valence electrons. The molecule has 1 rings (SSSR count). The average Bonchev–Trinajstić information content (AvgIpc) is 2.37. The van der Waals surface area contributed by atoms with Gasteiger partial charge in [-0.1, -0.05) is 23.7 Å². The van der Waals surface area contributed by atoms with Crippen LogP contribution in [0.15, 0.2) is 24.3 Å². The van der Waals surface area contributed by atoms with Gasteiger partial charge in [0, 0.05) is 31.8 Å². The second-order valence-electron chi connectivity index (χ2n) is 3.91. The van der Waals surface area contributed by atoms with Crippen molar-refractivity contribution < 1.29 is 9.53 Å². The topological polar surface area (TPSA) is 50.4 Å². The van der Waals surface area contributed by atoms with E-state index in [1.807, 2.05) is 24.3 Å². The zero-order chi connectivity index (χ0) is 13.2. The lowest BCUT2D eigenvalue weighted by Crippen LogP contribution is -2.37. The van der Waals surface area contributed by atoms with Gasteiger partial charge in [0.2, 0.25) is 0 Å². The van der Waals surface area contributed by atoms with Crippen molar-refractivity contribution in [3.05, 3.63) is 34.9 Å². The molecule has 18 heavy (non-hydrogen) atoms. The first-order chi connectivity index (χ1) is 8.72. The molecule has 1 aromatic rings. The predicted octanol–water partition coefficient (Wildman–Crippen LogP) is 2.22. The summed E-state index contributed by atoms with van der Waals surface area (Å²) in [6.45, 7) is 1.89. The van der Waals surface area contributed by atoms with Crippen molar-refractivity contribution in [3.63, 3.8) is 0 Å². The lowest BCUT2D eigenvalue weighted by Gasteiger charge is -2.07. The summed E-state index contributed by atoms with van der Waals surface area (Å²) in [6.07, 6.45) is 1.61. The number of rotatable bonds is 7. The highest BCUT2D eigenvalue weighted by Gasteiger charge is 1.99. The molecule has 0 aliphatic heterocycles. The molecule has 4 nitrogen and oxygen atoms in total. The van der Waals surface area contributed by atoms with Gasteiger partial charge in [0.25, 0.3) is 0 Å². The Hall–Kier alpha value is -1.26. The van der Waals surface area contributed by atoms with Crippen LogP contribution in [0.5, 0.6) is 0 Å². The van der Waals surface area contributed by atoms with Gasteiger partial charge in [-0.3, -0.25) is 0 Å². The van der Waals surface area contributed by atoms with Crippen LogP contribution in [-0.4, -0.2) is 32.8 Å². The Labute approximate surface area is 113 Å². The maximum Gasteiger partial charge on any atom is 0.314 e. The summed E-state index contributed by atoms with van der Waals surface area (Å²) in [5.41, 5.74) is 1.15. The Balaban J connectivity index is 2.10. The number of carbonyl (C=O) groups excluding carboxylic acids is 1. The third kappa shape index (κ3) is 6.47. The first kappa shape index (κ1) is 14.8. The molecule has 0 unspecified atom stereocenters. The van der Waals surface area contributed by atoms with Crippen LogP contribution in [0.2, 0.25) is 5.02 Å². The number of ether oxygens (including phenoxy) is 1. The van der Waals surface area contributed by atoms with Crippen molar-refractivity contribution in [2.75, 3.05) is 26.8 Å². The molecule has 0 aliphatic carbocycles. The molecule has 0 saturated heterocycles. The van der Waals surface area contributed by atoms with Crippen LogP contribution in [0, 0.1) is 0 Å². The number of urea groups is 1. The predicted molar refractivity (Wildman–Crippen MR) is 73.1 cm³/mol. The minimum atomic E-state index is -0.139. The van der Waals surface area contributed by atoms with E-state index >= 15 is 0 Å². The molecule has 0 bridgehead atoms. The molecule has 2 amide bonds. The first-order valence-electron chi connectivity index (χ1n) is 5.97. The van der Waals surface area contributed by atoms with Crippen molar-refractivity contribution in [2.45, 2.75) is 12.8 Å². The van der Waals surface area contributed by atoms with Crippen LogP contribution in [0.1, 0.15) is 12.0 Å². The molecule has 0 spiro atoms. The summed E-state index contributed by atoms with van der Waals surface area (Å²) in [4.78, 5) is 11.4. The number of hydrogen-bond donors (Lipinski definition) is 2. The SMILES string of the molecule is COCCCNC(=O)NCCc1ccc(Cl)cc1. The summed E-state index contributed by atoms with van der Waals surface area (Å²) in [5, 5.41) is 6.29. The van der Waals surface area contributed by atoms with E-state index in [4.69, 9.17) is 16.3 Å². The Morgan fingerprint density at radius 3 is 2.56 bits per heavy atom. The summed E-state index contributed by atoms with van der Waals surface area (Å²) in [7, 11) is 1.65. The molecule has 0 fully saturated rings. The fraction of sp³-hybridized carbons (Fsp3) is 0.462. The van der Waals surface area contributed by atoms with Gasteiger partial charge < -0.3 is 15.4 Å². The van der Waals surface area contributed by atoms with E-state index in [1.165, 1.54) is 0 Å². The third-order valence-corrected chi connectivity index (χ3v) is 2.68. The highest BCUT2D eigenvalue weighted by Crippen LogP contribution is 2.09. The van der Waals surface area contributed by atoms with Crippen molar-refractivity contribution in [3.8, 4) is 0 Å². The Morgan fingerprint density at radius 1 is 1.22 bits per heavy atom. The van der Waals surface area contributed by atoms with Crippen molar-refractivity contribution in [1.82, 2.24) is 10.6 Å². The molecule has 0 atom stereocenters. The van der Waals surface area contributed by atoms with E-state index in [9.17, 15) is 4.79 Å². The molecule has 0 radical (unpaired) electrons.